The Labute approximate surface area is 154 Å². The molecule has 0 aliphatic rings. The van der Waals surface area contributed by atoms with E-state index < -0.39 is 11.8 Å². The van der Waals surface area contributed by atoms with Crippen molar-refractivity contribution in [2.24, 2.45) is 0 Å². The number of nitrogen functional groups attached to an aromatic ring is 1. The Balaban J connectivity index is 1.67. The number of nitrogens with zero attached hydrogens (tertiary/aromatic N) is 4. The van der Waals surface area contributed by atoms with Gasteiger partial charge < -0.3 is 10.5 Å². The molecule has 9 heteroatoms. The third kappa shape index (κ3) is 3.60. The van der Waals surface area contributed by atoms with Gasteiger partial charge in [0.1, 0.15) is 12.4 Å². The summed E-state index contributed by atoms with van der Waals surface area (Å²) in [4.78, 5) is 20.4. The van der Waals surface area contributed by atoms with Crippen LogP contribution in [0.5, 0.6) is 0 Å². The number of fused-ring (bicyclic) bond motifs is 1. The maximum absolute atomic E-state index is 13.7. The van der Waals surface area contributed by atoms with Gasteiger partial charge in [-0.25, -0.2) is 9.37 Å². The van der Waals surface area contributed by atoms with Crippen molar-refractivity contribution in [3.8, 4) is 0 Å². The number of nitrogens with two attached hydrogens (primary N) is 1. The van der Waals surface area contributed by atoms with E-state index in [1.165, 1.54) is 12.1 Å². The molecule has 0 unspecified atom stereocenters. The molecule has 0 amide bonds. The van der Waals surface area contributed by atoms with E-state index in [0.29, 0.717) is 12.2 Å². The van der Waals surface area contributed by atoms with E-state index in [-0.39, 0.29) is 29.6 Å². The van der Waals surface area contributed by atoms with E-state index in [2.05, 4.69) is 15.1 Å². The lowest BCUT2D eigenvalue weighted by atomic mass is 10.1. The molecule has 2 heterocycles. The molecular weight excluding hydrogens is 361 g/mol. The van der Waals surface area contributed by atoms with Crippen LogP contribution in [0.2, 0.25) is 5.02 Å². The number of ether oxygens (including phenoxy) is 1. The summed E-state index contributed by atoms with van der Waals surface area (Å²) in [5, 5.41) is 4.31. The van der Waals surface area contributed by atoms with Crippen molar-refractivity contribution < 1.29 is 13.9 Å². The molecule has 0 aliphatic carbocycles. The average molecular weight is 378 g/mol. The quantitative estimate of drug-likeness (QED) is 0.687. The molecule has 0 fully saturated rings. The summed E-state index contributed by atoms with van der Waals surface area (Å²) in [6.45, 7) is 3.48. The fraction of sp³-hybridized carbons (Fsp3) is 0.294. The molecule has 7 nitrogen and oxygen atoms in total. The summed E-state index contributed by atoms with van der Waals surface area (Å²) in [6, 6.07) is 4.31. The predicted molar refractivity (Wildman–Crippen MR) is 94.2 cm³/mol. The van der Waals surface area contributed by atoms with Crippen LogP contribution in [0.15, 0.2) is 18.2 Å². The first-order valence-corrected chi connectivity index (χ1v) is 8.31. The van der Waals surface area contributed by atoms with Crippen molar-refractivity contribution in [1.82, 2.24) is 19.6 Å². The molecule has 0 spiro atoms. The van der Waals surface area contributed by atoms with Gasteiger partial charge in [0, 0.05) is 23.4 Å². The van der Waals surface area contributed by atoms with Crippen molar-refractivity contribution in [3.63, 3.8) is 0 Å². The van der Waals surface area contributed by atoms with Crippen molar-refractivity contribution >= 4 is 29.3 Å². The summed E-state index contributed by atoms with van der Waals surface area (Å²) >= 11 is 5.92. The standard InChI is InChI=1S/C17H17ClFN5O2/c1-9-11(10(2)24-17(21-9)22-16(20)23-24)6-7-15(25)26-8-12-13(18)4-3-5-14(12)19/h3-5H,6-8H2,1-2H3,(H2,20,23). The minimum absolute atomic E-state index is 0.116. The van der Waals surface area contributed by atoms with E-state index in [0.717, 1.165) is 17.0 Å². The van der Waals surface area contributed by atoms with Gasteiger partial charge in [-0.15, -0.1) is 5.10 Å². The third-order valence-electron chi connectivity index (χ3n) is 4.08. The second-order valence-corrected chi connectivity index (χ2v) is 6.21. The number of aryl methyl sites for hydroxylation is 2. The average Bonchev–Trinajstić information content (AvgIpc) is 2.94. The number of benzene rings is 1. The summed E-state index contributed by atoms with van der Waals surface area (Å²) in [5.41, 5.74) is 8.18. The molecule has 0 saturated carbocycles. The van der Waals surface area contributed by atoms with Crippen LogP contribution in [0.25, 0.3) is 5.78 Å². The molecule has 0 saturated heterocycles. The number of hydrogen-bond donors (Lipinski definition) is 1. The molecule has 3 aromatic rings. The van der Waals surface area contributed by atoms with Crippen molar-refractivity contribution in [3.05, 3.63) is 51.6 Å². The largest absolute Gasteiger partial charge is 0.461 e. The van der Waals surface area contributed by atoms with Crippen molar-refractivity contribution in [2.75, 3.05) is 5.73 Å². The predicted octanol–water partition coefficient (Wildman–Crippen LogP) is 2.79. The third-order valence-corrected chi connectivity index (χ3v) is 4.44. The number of carbonyl (C=O) groups is 1. The van der Waals surface area contributed by atoms with Crippen LogP contribution in [0.4, 0.5) is 10.3 Å². The van der Waals surface area contributed by atoms with Crippen LogP contribution in [0.1, 0.15) is 28.9 Å². The van der Waals surface area contributed by atoms with Gasteiger partial charge >= 0.3 is 5.97 Å². The molecule has 0 radical (unpaired) electrons. The normalized spacial score (nSPS) is 11.1. The number of anilines is 1. The Kier molecular flexibility index (Phi) is 5.03. The van der Waals surface area contributed by atoms with Crippen LogP contribution in [0.3, 0.4) is 0 Å². The summed E-state index contributed by atoms with van der Waals surface area (Å²) < 4.78 is 20.4. The highest BCUT2D eigenvalue weighted by atomic mass is 35.5. The number of aromatic nitrogens is 4. The van der Waals surface area contributed by atoms with Crippen LogP contribution in [0, 0.1) is 19.7 Å². The fourth-order valence-electron chi connectivity index (χ4n) is 2.71. The second kappa shape index (κ2) is 7.25. The first-order valence-electron chi connectivity index (χ1n) is 7.93. The van der Waals surface area contributed by atoms with Crippen molar-refractivity contribution in [2.45, 2.75) is 33.3 Å². The highest BCUT2D eigenvalue weighted by molar-refractivity contribution is 6.31. The Bertz CT molecular complexity index is 969. The molecule has 2 N–H and O–H groups in total. The van der Waals surface area contributed by atoms with Crippen LogP contribution in [-0.4, -0.2) is 25.6 Å². The van der Waals surface area contributed by atoms with Crippen LogP contribution < -0.4 is 5.73 Å². The van der Waals surface area contributed by atoms with E-state index in [4.69, 9.17) is 22.1 Å². The number of carbonyl (C=O) groups excluding carboxylic acids is 1. The van der Waals surface area contributed by atoms with Gasteiger partial charge in [0.15, 0.2) is 0 Å². The maximum atomic E-state index is 13.7. The van der Waals surface area contributed by atoms with Gasteiger partial charge in [-0.3, -0.25) is 4.79 Å². The lowest BCUT2D eigenvalue weighted by Gasteiger charge is -2.11. The van der Waals surface area contributed by atoms with Crippen molar-refractivity contribution in [1.29, 1.82) is 0 Å². The Morgan fingerprint density at radius 3 is 2.81 bits per heavy atom. The van der Waals surface area contributed by atoms with E-state index in [1.54, 1.807) is 10.6 Å². The van der Waals surface area contributed by atoms with Gasteiger partial charge in [0.2, 0.25) is 5.95 Å². The molecular formula is C17H17ClFN5O2. The van der Waals surface area contributed by atoms with Gasteiger partial charge in [0.05, 0.1) is 5.02 Å². The van der Waals surface area contributed by atoms with Gasteiger partial charge in [0.25, 0.3) is 5.78 Å². The van der Waals surface area contributed by atoms with Crippen LogP contribution in [-0.2, 0) is 22.6 Å². The van der Waals surface area contributed by atoms with Gasteiger partial charge in [-0.05, 0) is 38.0 Å². The molecule has 2 aromatic heterocycles. The Morgan fingerprint density at radius 2 is 2.08 bits per heavy atom. The minimum Gasteiger partial charge on any atom is -0.461 e. The topological polar surface area (TPSA) is 95.4 Å². The number of esters is 1. The summed E-state index contributed by atoms with van der Waals surface area (Å²) in [5.74, 6) is -0.409. The highest BCUT2D eigenvalue weighted by Gasteiger charge is 2.15. The second-order valence-electron chi connectivity index (χ2n) is 5.80. The number of halogens is 2. The fourth-order valence-corrected chi connectivity index (χ4v) is 2.93. The summed E-state index contributed by atoms with van der Waals surface area (Å²) in [6.07, 6.45) is 0.523. The minimum atomic E-state index is -0.504. The number of rotatable bonds is 5. The summed E-state index contributed by atoms with van der Waals surface area (Å²) in [7, 11) is 0. The first-order chi connectivity index (χ1) is 12.4. The molecule has 3 rings (SSSR count). The maximum Gasteiger partial charge on any atom is 0.306 e. The molecule has 0 bridgehead atoms. The highest BCUT2D eigenvalue weighted by Crippen LogP contribution is 2.20. The Hall–Kier alpha value is -2.74. The number of hydrogen-bond acceptors (Lipinski definition) is 6. The molecule has 1 aromatic carbocycles. The zero-order valence-corrected chi connectivity index (χ0v) is 15.0. The van der Waals surface area contributed by atoms with E-state index in [1.807, 2.05) is 13.8 Å². The van der Waals surface area contributed by atoms with Gasteiger partial charge in [-0.2, -0.15) is 9.50 Å². The smallest absolute Gasteiger partial charge is 0.306 e. The molecule has 0 atom stereocenters. The molecule has 136 valence electrons. The monoisotopic (exact) mass is 377 g/mol. The van der Waals surface area contributed by atoms with E-state index in [9.17, 15) is 9.18 Å². The SMILES string of the molecule is Cc1nc2nc(N)nn2c(C)c1CCC(=O)OCc1c(F)cccc1Cl. The Morgan fingerprint density at radius 1 is 1.31 bits per heavy atom. The van der Waals surface area contributed by atoms with E-state index >= 15 is 0 Å². The molecule has 26 heavy (non-hydrogen) atoms. The molecule has 0 aliphatic heterocycles. The van der Waals surface area contributed by atoms with Gasteiger partial charge in [-0.1, -0.05) is 17.7 Å². The lowest BCUT2D eigenvalue weighted by Crippen LogP contribution is -2.11. The lowest BCUT2D eigenvalue weighted by molar-refractivity contribution is -0.144. The zero-order valence-electron chi connectivity index (χ0n) is 14.3. The zero-order chi connectivity index (χ0) is 18.8. The first kappa shape index (κ1) is 18.1. The van der Waals surface area contributed by atoms with Crippen LogP contribution >= 0.6 is 11.6 Å².